The standard InChI is InChI=1S/C21H16N4O4S/c22-10-12(20-23-13-5-1-2-6-14(13)24-20)16(26)11-29-19(27)9-18-21(28)25-15-7-3-4-8-17(15)30-18/h1-8,18,26H,9,11H2,(H,23,24)(H,25,28)/b16-12-/t18-/m0/s1. The molecule has 0 unspecified atom stereocenters. The minimum absolute atomic E-state index is 0.113. The molecule has 0 radical (unpaired) electrons. The number of aliphatic hydroxyl groups is 1. The second-order valence-corrected chi connectivity index (χ2v) is 7.74. The molecule has 1 atom stereocenters. The Bertz CT molecular complexity index is 1180. The third kappa shape index (κ3) is 3.99. The Hall–Kier alpha value is -3.77. The molecule has 4 rings (SSSR count). The first-order valence-corrected chi connectivity index (χ1v) is 9.92. The van der Waals surface area contributed by atoms with Crippen LogP contribution in [0.15, 0.2) is 59.2 Å². The zero-order chi connectivity index (χ0) is 21.1. The summed E-state index contributed by atoms with van der Waals surface area (Å²) in [7, 11) is 0. The molecule has 9 heteroatoms. The van der Waals surface area contributed by atoms with Crippen LogP contribution in [0, 0.1) is 11.3 Å². The number of rotatable bonds is 5. The summed E-state index contributed by atoms with van der Waals surface area (Å²) in [6, 6.07) is 16.4. The molecule has 0 fully saturated rings. The van der Waals surface area contributed by atoms with Gasteiger partial charge in [-0.1, -0.05) is 24.3 Å². The largest absolute Gasteiger partial charge is 0.507 e. The van der Waals surface area contributed by atoms with Crippen molar-refractivity contribution in [3.8, 4) is 6.07 Å². The molecule has 150 valence electrons. The molecule has 1 aliphatic heterocycles. The SMILES string of the molecule is N#C/C(=C(/O)COC(=O)C[C@@H]1Sc2ccccc2NC1=O)c1nc2ccccc2[nH]1. The number of H-pyrrole nitrogens is 1. The van der Waals surface area contributed by atoms with E-state index in [4.69, 9.17) is 4.74 Å². The first kappa shape index (κ1) is 19.5. The maximum atomic E-state index is 12.2. The number of amides is 1. The highest BCUT2D eigenvalue weighted by Crippen LogP contribution is 2.36. The van der Waals surface area contributed by atoms with Crippen LogP contribution in [0.4, 0.5) is 5.69 Å². The Morgan fingerprint density at radius 2 is 2.00 bits per heavy atom. The number of aromatic amines is 1. The first-order valence-electron chi connectivity index (χ1n) is 9.04. The average Bonchev–Trinajstić information content (AvgIpc) is 3.17. The number of para-hydroxylation sites is 3. The van der Waals surface area contributed by atoms with Crippen LogP contribution in [0.5, 0.6) is 0 Å². The third-order valence-corrected chi connectivity index (χ3v) is 5.73. The summed E-state index contributed by atoms with van der Waals surface area (Å²) < 4.78 is 5.09. The number of nitrogens with zero attached hydrogens (tertiary/aromatic N) is 2. The number of hydrogen-bond acceptors (Lipinski definition) is 7. The summed E-state index contributed by atoms with van der Waals surface area (Å²) >= 11 is 1.28. The Balaban J connectivity index is 1.41. The van der Waals surface area contributed by atoms with Gasteiger partial charge >= 0.3 is 5.97 Å². The highest BCUT2D eigenvalue weighted by Gasteiger charge is 2.29. The highest BCUT2D eigenvalue weighted by molar-refractivity contribution is 8.01. The van der Waals surface area contributed by atoms with Crippen LogP contribution < -0.4 is 5.32 Å². The lowest BCUT2D eigenvalue weighted by molar-refractivity contribution is -0.144. The number of carbonyl (C=O) groups excluding carboxylic acids is 2. The fourth-order valence-electron chi connectivity index (χ4n) is 2.98. The summed E-state index contributed by atoms with van der Waals surface area (Å²) in [5.74, 6) is -1.17. The van der Waals surface area contributed by atoms with Crippen LogP contribution in [0.3, 0.4) is 0 Å². The molecule has 30 heavy (non-hydrogen) atoms. The van der Waals surface area contributed by atoms with Crippen LogP contribution >= 0.6 is 11.8 Å². The Morgan fingerprint density at radius 3 is 2.80 bits per heavy atom. The lowest BCUT2D eigenvalue weighted by Gasteiger charge is -2.23. The van der Waals surface area contributed by atoms with E-state index in [1.165, 1.54) is 11.8 Å². The van der Waals surface area contributed by atoms with Crippen molar-refractivity contribution >= 4 is 45.9 Å². The molecule has 0 spiro atoms. The molecule has 0 aliphatic carbocycles. The number of hydrogen-bond donors (Lipinski definition) is 3. The van der Waals surface area contributed by atoms with Crippen LogP contribution in [0.1, 0.15) is 12.2 Å². The number of aliphatic hydroxyl groups excluding tert-OH is 1. The number of carbonyl (C=O) groups is 2. The maximum Gasteiger partial charge on any atom is 0.307 e. The van der Waals surface area contributed by atoms with Gasteiger partial charge in [-0.25, -0.2) is 4.98 Å². The van der Waals surface area contributed by atoms with E-state index in [0.717, 1.165) is 4.90 Å². The minimum Gasteiger partial charge on any atom is -0.507 e. The second-order valence-electron chi connectivity index (χ2n) is 6.49. The second kappa shape index (κ2) is 8.31. The van der Waals surface area contributed by atoms with E-state index in [1.807, 2.05) is 36.4 Å². The molecule has 2 heterocycles. The molecule has 3 N–H and O–H groups in total. The number of allylic oxidation sites excluding steroid dienone is 1. The van der Waals surface area contributed by atoms with Gasteiger partial charge in [0.2, 0.25) is 5.91 Å². The van der Waals surface area contributed by atoms with Gasteiger partial charge in [-0.15, -0.1) is 11.8 Å². The van der Waals surface area contributed by atoms with E-state index in [-0.39, 0.29) is 23.7 Å². The van der Waals surface area contributed by atoms with Crippen molar-refractivity contribution in [2.45, 2.75) is 16.6 Å². The van der Waals surface area contributed by atoms with Gasteiger partial charge in [-0.05, 0) is 24.3 Å². The number of esters is 1. The summed E-state index contributed by atoms with van der Waals surface area (Å²) in [6.07, 6.45) is -0.162. The molecule has 2 aromatic carbocycles. The molecule has 0 bridgehead atoms. The molecule has 0 saturated carbocycles. The quantitative estimate of drug-likeness (QED) is 0.328. The molecule has 8 nitrogen and oxygen atoms in total. The molecular formula is C21H16N4O4S. The average molecular weight is 420 g/mol. The van der Waals surface area contributed by atoms with Crippen LogP contribution in [-0.2, 0) is 14.3 Å². The van der Waals surface area contributed by atoms with Crippen molar-refractivity contribution in [1.29, 1.82) is 5.26 Å². The number of thioether (sulfide) groups is 1. The molecular weight excluding hydrogens is 404 g/mol. The van der Waals surface area contributed by atoms with E-state index in [2.05, 4.69) is 15.3 Å². The number of nitriles is 1. The summed E-state index contributed by atoms with van der Waals surface area (Å²) in [6.45, 7) is -0.492. The van der Waals surface area contributed by atoms with E-state index in [9.17, 15) is 20.0 Å². The van der Waals surface area contributed by atoms with Gasteiger partial charge in [0.05, 0.1) is 28.4 Å². The van der Waals surface area contributed by atoms with E-state index < -0.39 is 23.6 Å². The smallest absolute Gasteiger partial charge is 0.307 e. The summed E-state index contributed by atoms with van der Waals surface area (Å²) in [4.78, 5) is 32.5. The molecule has 0 saturated heterocycles. The van der Waals surface area contributed by atoms with E-state index in [0.29, 0.717) is 16.7 Å². The summed E-state index contributed by atoms with van der Waals surface area (Å²) in [5, 5.41) is 21.8. The van der Waals surface area contributed by atoms with E-state index >= 15 is 0 Å². The van der Waals surface area contributed by atoms with Gasteiger partial charge in [0.15, 0.2) is 11.6 Å². The number of fused-ring (bicyclic) bond motifs is 2. The van der Waals surface area contributed by atoms with Crippen molar-refractivity contribution in [3.63, 3.8) is 0 Å². The lowest BCUT2D eigenvalue weighted by atomic mass is 10.2. The van der Waals surface area contributed by atoms with Gasteiger partial charge in [0, 0.05) is 4.90 Å². The Kier molecular flexibility index (Phi) is 5.41. The molecule has 1 aromatic heterocycles. The predicted molar refractivity (Wildman–Crippen MR) is 112 cm³/mol. The number of aromatic nitrogens is 2. The zero-order valence-electron chi connectivity index (χ0n) is 15.6. The Labute approximate surface area is 175 Å². The molecule has 1 amide bonds. The van der Waals surface area contributed by atoms with E-state index in [1.54, 1.807) is 18.2 Å². The fraction of sp³-hybridized carbons (Fsp3) is 0.143. The Morgan fingerprint density at radius 1 is 1.23 bits per heavy atom. The van der Waals surface area contributed by atoms with Crippen LogP contribution in [0.2, 0.25) is 0 Å². The monoisotopic (exact) mass is 420 g/mol. The number of nitrogens with one attached hydrogen (secondary N) is 2. The van der Waals surface area contributed by atoms with Crippen LogP contribution in [0.25, 0.3) is 16.6 Å². The normalized spacial score (nSPS) is 16.2. The molecule has 1 aliphatic rings. The predicted octanol–water partition coefficient (Wildman–Crippen LogP) is 3.40. The topological polar surface area (TPSA) is 128 Å². The van der Waals surface area contributed by atoms with Crippen molar-refractivity contribution < 1.29 is 19.4 Å². The zero-order valence-corrected chi connectivity index (χ0v) is 16.4. The van der Waals surface area contributed by atoms with Gasteiger partial charge in [0.1, 0.15) is 18.2 Å². The van der Waals surface area contributed by atoms with Crippen molar-refractivity contribution in [3.05, 3.63) is 60.1 Å². The van der Waals surface area contributed by atoms with Gasteiger partial charge < -0.3 is 20.1 Å². The third-order valence-electron chi connectivity index (χ3n) is 4.46. The number of anilines is 1. The van der Waals surface area contributed by atoms with Crippen LogP contribution in [-0.4, -0.2) is 38.8 Å². The van der Waals surface area contributed by atoms with Gasteiger partial charge in [-0.2, -0.15) is 5.26 Å². The van der Waals surface area contributed by atoms with Gasteiger partial charge in [0.25, 0.3) is 0 Å². The maximum absolute atomic E-state index is 12.2. The minimum atomic E-state index is -0.657. The van der Waals surface area contributed by atoms with Crippen molar-refractivity contribution in [2.75, 3.05) is 11.9 Å². The lowest BCUT2D eigenvalue weighted by Crippen LogP contribution is -2.31. The number of benzene rings is 2. The van der Waals surface area contributed by atoms with Crippen molar-refractivity contribution in [2.24, 2.45) is 0 Å². The number of ether oxygens (including phenoxy) is 1. The van der Waals surface area contributed by atoms with Crippen molar-refractivity contribution in [1.82, 2.24) is 9.97 Å². The molecule has 3 aromatic rings. The number of imidazole rings is 1. The fourth-order valence-corrected chi connectivity index (χ4v) is 4.08. The highest BCUT2D eigenvalue weighted by atomic mass is 32.2. The first-order chi connectivity index (χ1) is 14.5. The summed E-state index contributed by atoms with van der Waals surface area (Å²) in [5.41, 5.74) is 1.95. The van der Waals surface area contributed by atoms with Gasteiger partial charge in [-0.3, -0.25) is 9.59 Å².